The maximum absolute atomic E-state index is 12.4. The van der Waals surface area contributed by atoms with E-state index in [0.29, 0.717) is 4.90 Å². The van der Waals surface area contributed by atoms with Gasteiger partial charge in [-0.05, 0) is 31.9 Å². The van der Waals surface area contributed by atoms with E-state index in [2.05, 4.69) is 0 Å². The van der Waals surface area contributed by atoms with Crippen LogP contribution in [-0.2, 0) is 10.0 Å². The van der Waals surface area contributed by atoms with Gasteiger partial charge in [0.25, 0.3) is 0 Å². The molecule has 1 aliphatic heterocycles. The predicted octanol–water partition coefficient (Wildman–Crippen LogP) is 2.31. The topological polar surface area (TPSA) is 37.1 Å². The molecule has 17 heavy (non-hydrogen) atoms. The third kappa shape index (κ3) is 1.79. The monoisotopic (exact) mass is 251 g/mol. The summed E-state index contributed by atoms with van der Waals surface area (Å²) >= 11 is 0. The summed E-state index contributed by atoms with van der Waals surface area (Å²) in [7, 11) is -3.23. The predicted molar refractivity (Wildman–Crippen MR) is 66.2 cm³/mol. The number of benzene rings is 1. The van der Waals surface area contributed by atoms with Gasteiger partial charge in [0.05, 0.1) is 4.90 Å². The van der Waals surface area contributed by atoms with E-state index in [9.17, 15) is 8.42 Å². The van der Waals surface area contributed by atoms with E-state index < -0.39 is 10.0 Å². The highest BCUT2D eigenvalue weighted by atomic mass is 32.2. The summed E-state index contributed by atoms with van der Waals surface area (Å²) in [6.07, 6.45) is 4.41. The van der Waals surface area contributed by atoms with E-state index in [1.807, 2.05) is 19.1 Å². The van der Waals surface area contributed by atoms with Crippen LogP contribution in [0.1, 0.15) is 31.2 Å². The van der Waals surface area contributed by atoms with Crippen LogP contribution in [0.5, 0.6) is 0 Å². The lowest BCUT2D eigenvalue weighted by Gasteiger charge is -2.06. The summed E-state index contributed by atoms with van der Waals surface area (Å²) < 4.78 is 26.5. The van der Waals surface area contributed by atoms with Gasteiger partial charge < -0.3 is 0 Å². The van der Waals surface area contributed by atoms with Crippen molar-refractivity contribution in [1.82, 2.24) is 4.31 Å². The second-order valence-electron chi connectivity index (χ2n) is 5.07. The number of rotatable bonds is 2. The summed E-state index contributed by atoms with van der Waals surface area (Å²) in [5.74, 6) is 0. The van der Waals surface area contributed by atoms with Crippen LogP contribution in [0.2, 0.25) is 0 Å². The van der Waals surface area contributed by atoms with Gasteiger partial charge in [-0.2, -0.15) is 4.31 Å². The third-order valence-corrected chi connectivity index (χ3v) is 5.82. The van der Waals surface area contributed by atoms with Crippen molar-refractivity contribution >= 4 is 10.0 Å². The first-order valence-corrected chi connectivity index (χ1v) is 7.65. The quantitative estimate of drug-likeness (QED) is 0.756. The molecule has 0 amide bonds. The van der Waals surface area contributed by atoms with E-state index in [0.717, 1.165) is 18.4 Å². The minimum absolute atomic E-state index is 0.287. The van der Waals surface area contributed by atoms with Gasteiger partial charge in [-0.25, -0.2) is 8.42 Å². The van der Waals surface area contributed by atoms with E-state index >= 15 is 0 Å². The Labute approximate surface area is 102 Å². The van der Waals surface area contributed by atoms with Crippen molar-refractivity contribution in [3.05, 3.63) is 29.8 Å². The molecule has 1 saturated heterocycles. The first-order valence-electron chi connectivity index (χ1n) is 6.21. The van der Waals surface area contributed by atoms with E-state index in [-0.39, 0.29) is 12.1 Å². The van der Waals surface area contributed by atoms with Gasteiger partial charge in [0.2, 0.25) is 10.0 Å². The zero-order valence-electron chi connectivity index (χ0n) is 9.96. The fourth-order valence-corrected chi connectivity index (χ4v) is 4.72. The second-order valence-corrected chi connectivity index (χ2v) is 6.91. The number of sulfonamides is 1. The molecule has 3 rings (SSSR count). The Morgan fingerprint density at radius 2 is 1.59 bits per heavy atom. The zero-order valence-corrected chi connectivity index (χ0v) is 10.8. The van der Waals surface area contributed by atoms with Crippen LogP contribution >= 0.6 is 0 Å². The third-order valence-electron chi connectivity index (χ3n) is 3.85. The Hall–Kier alpha value is -0.870. The van der Waals surface area contributed by atoms with Gasteiger partial charge in [0, 0.05) is 12.1 Å². The van der Waals surface area contributed by atoms with Crippen LogP contribution in [0.25, 0.3) is 0 Å². The zero-order chi connectivity index (χ0) is 12.0. The number of hydrogen-bond acceptors (Lipinski definition) is 2. The molecule has 1 aliphatic carbocycles. The molecule has 1 aromatic rings. The molecule has 0 spiro atoms. The Morgan fingerprint density at radius 3 is 2.12 bits per heavy atom. The number of fused-ring (bicyclic) bond motifs is 1. The summed E-state index contributed by atoms with van der Waals surface area (Å²) in [5.41, 5.74) is 1.09. The molecule has 1 saturated carbocycles. The minimum Gasteiger partial charge on any atom is -0.207 e. The lowest BCUT2D eigenvalue weighted by molar-refractivity contribution is 0.545. The van der Waals surface area contributed by atoms with Crippen LogP contribution < -0.4 is 0 Å². The molecule has 0 radical (unpaired) electrons. The highest BCUT2D eigenvalue weighted by Crippen LogP contribution is 2.44. The molecule has 1 heterocycles. The summed E-state index contributed by atoms with van der Waals surface area (Å²) in [6, 6.07) is 7.73. The Bertz CT molecular complexity index is 509. The Morgan fingerprint density at radius 1 is 1.06 bits per heavy atom. The largest absolute Gasteiger partial charge is 0.243 e. The highest BCUT2D eigenvalue weighted by Gasteiger charge is 2.55. The molecule has 0 aromatic heterocycles. The van der Waals surface area contributed by atoms with Crippen LogP contribution in [0.4, 0.5) is 0 Å². The van der Waals surface area contributed by atoms with Gasteiger partial charge in [0.1, 0.15) is 0 Å². The van der Waals surface area contributed by atoms with Gasteiger partial charge in [-0.3, -0.25) is 0 Å². The molecule has 1 aromatic carbocycles. The first kappa shape index (κ1) is 11.2. The van der Waals surface area contributed by atoms with Crippen LogP contribution in [0.15, 0.2) is 29.2 Å². The molecular formula is C13H17NO2S. The smallest absolute Gasteiger partial charge is 0.207 e. The summed E-state index contributed by atoms with van der Waals surface area (Å²) in [4.78, 5) is 0.442. The lowest BCUT2D eigenvalue weighted by atomic mass is 10.0. The minimum atomic E-state index is -3.23. The van der Waals surface area contributed by atoms with Gasteiger partial charge in [-0.1, -0.05) is 30.5 Å². The van der Waals surface area contributed by atoms with Gasteiger partial charge in [-0.15, -0.1) is 0 Å². The molecule has 4 heteroatoms. The first-order chi connectivity index (χ1) is 8.10. The van der Waals surface area contributed by atoms with E-state index in [1.165, 1.54) is 12.8 Å². The summed E-state index contributed by atoms with van der Waals surface area (Å²) in [5, 5.41) is 0. The average Bonchev–Trinajstić information content (AvgIpc) is 3.04. The van der Waals surface area contributed by atoms with Crippen molar-refractivity contribution in [2.75, 3.05) is 0 Å². The van der Waals surface area contributed by atoms with Crippen molar-refractivity contribution < 1.29 is 8.42 Å². The molecule has 0 bridgehead atoms. The molecule has 92 valence electrons. The molecular weight excluding hydrogens is 234 g/mol. The molecule has 2 fully saturated rings. The summed E-state index contributed by atoms with van der Waals surface area (Å²) in [6.45, 7) is 1.97. The Balaban J connectivity index is 1.89. The molecule has 2 aliphatic rings. The fraction of sp³-hybridized carbons (Fsp3) is 0.538. The molecule has 0 N–H and O–H groups in total. The van der Waals surface area contributed by atoms with Crippen molar-refractivity contribution in [2.45, 2.75) is 49.6 Å². The van der Waals surface area contributed by atoms with Crippen LogP contribution in [-0.4, -0.2) is 24.8 Å². The lowest BCUT2D eigenvalue weighted by Crippen LogP contribution is -2.15. The number of hydrogen-bond donors (Lipinski definition) is 0. The fourth-order valence-electron chi connectivity index (χ4n) is 2.84. The van der Waals surface area contributed by atoms with Crippen molar-refractivity contribution in [2.24, 2.45) is 0 Å². The maximum Gasteiger partial charge on any atom is 0.243 e. The average molecular weight is 251 g/mol. The highest BCUT2D eigenvalue weighted by molar-refractivity contribution is 7.89. The van der Waals surface area contributed by atoms with Gasteiger partial charge in [0.15, 0.2) is 0 Å². The van der Waals surface area contributed by atoms with Crippen LogP contribution in [0, 0.1) is 6.92 Å². The molecule has 2 atom stereocenters. The molecule has 3 nitrogen and oxygen atoms in total. The number of aryl methyl sites for hydroxylation is 1. The van der Waals surface area contributed by atoms with Crippen molar-refractivity contribution in [3.8, 4) is 0 Å². The van der Waals surface area contributed by atoms with Crippen molar-refractivity contribution in [1.29, 1.82) is 0 Å². The number of nitrogens with zero attached hydrogens (tertiary/aromatic N) is 1. The maximum atomic E-state index is 12.4. The van der Waals surface area contributed by atoms with E-state index in [4.69, 9.17) is 0 Å². The molecule has 0 unspecified atom stereocenters. The second kappa shape index (κ2) is 3.82. The Kier molecular flexibility index (Phi) is 2.52. The SMILES string of the molecule is Cc1ccc(S(=O)(=O)N2[C@@H]3CCCC[C@H]32)cc1. The van der Waals surface area contributed by atoms with E-state index in [1.54, 1.807) is 16.4 Å². The van der Waals surface area contributed by atoms with Crippen LogP contribution in [0.3, 0.4) is 0 Å². The standard InChI is InChI=1S/C13H17NO2S/c1-10-6-8-11(9-7-10)17(15,16)14-12-4-2-3-5-13(12)14/h6-9,12-13H,2-5H2,1H3/t12-,13-/m1/s1. The normalized spacial score (nSPS) is 31.9. The van der Waals surface area contributed by atoms with Crippen molar-refractivity contribution in [3.63, 3.8) is 0 Å². The van der Waals surface area contributed by atoms with Gasteiger partial charge >= 0.3 is 0 Å².